The molecule has 1 aliphatic carbocycles. The molecule has 1 aliphatic rings. The van der Waals surface area contributed by atoms with E-state index in [9.17, 15) is 4.79 Å². The summed E-state index contributed by atoms with van der Waals surface area (Å²) < 4.78 is 0. The number of hydrogen-bond donors (Lipinski definition) is 0. The van der Waals surface area contributed by atoms with E-state index in [0.717, 1.165) is 31.1 Å². The van der Waals surface area contributed by atoms with E-state index in [-0.39, 0.29) is 5.92 Å². The van der Waals surface area contributed by atoms with Crippen molar-refractivity contribution in [2.24, 2.45) is 0 Å². The highest BCUT2D eigenvalue weighted by molar-refractivity contribution is 5.93. The van der Waals surface area contributed by atoms with Gasteiger partial charge in [-0.25, -0.2) is 0 Å². The zero-order valence-corrected chi connectivity index (χ0v) is 9.73. The molecular formula is C15H15NO. The topological polar surface area (TPSA) is 30.0 Å². The first-order valence-corrected chi connectivity index (χ1v) is 6.21. The van der Waals surface area contributed by atoms with Gasteiger partial charge in [-0.2, -0.15) is 0 Å². The number of pyridine rings is 1. The maximum Gasteiger partial charge on any atom is 0.140 e. The van der Waals surface area contributed by atoms with Gasteiger partial charge < -0.3 is 0 Å². The van der Waals surface area contributed by atoms with Gasteiger partial charge in [-0.3, -0.25) is 9.78 Å². The molecule has 17 heavy (non-hydrogen) atoms. The highest BCUT2D eigenvalue weighted by Gasteiger charge is 2.24. The molecule has 1 saturated carbocycles. The molecule has 1 aromatic heterocycles. The summed E-state index contributed by atoms with van der Waals surface area (Å²) in [5.74, 6) is 0.490. The van der Waals surface area contributed by atoms with Crippen LogP contribution in [-0.4, -0.2) is 10.8 Å². The lowest BCUT2D eigenvalue weighted by molar-refractivity contribution is -0.121. The molecule has 2 heteroatoms. The number of carbonyl (C=O) groups is 1. The van der Waals surface area contributed by atoms with Gasteiger partial charge in [-0.05, 0) is 29.9 Å². The van der Waals surface area contributed by atoms with Crippen molar-refractivity contribution in [1.29, 1.82) is 0 Å². The Balaban J connectivity index is 2.13. The number of rotatable bonds is 1. The Bertz CT molecular complexity index is 556. The monoisotopic (exact) mass is 225 g/mol. The van der Waals surface area contributed by atoms with Crippen LogP contribution in [0.1, 0.15) is 37.2 Å². The van der Waals surface area contributed by atoms with Crippen LogP contribution in [0.5, 0.6) is 0 Å². The molecule has 1 atom stereocenters. The number of hydrogen-bond acceptors (Lipinski definition) is 2. The van der Waals surface area contributed by atoms with Crippen molar-refractivity contribution in [1.82, 2.24) is 4.98 Å². The largest absolute Gasteiger partial charge is 0.299 e. The third-order valence-corrected chi connectivity index (χ3v) is 3.65. The lowest BCUT2D eigenvalue weighted by atomic mass is 9.81. The summed E-state index contributed by atoms with van der Waals surface area (Å²) in [5, 5.41) is 2.31. The number of ketones is 1. The van der Waals surface area contributed by atoms with Crippen LogP contribution in [0.2, 0.25) is 0 Å². The van der Waals surface area contributed by atoms with Gasteiger partial charge in [-0.1, -0.05) is 24.6 Å². The molecule has 2 aromatic rings. The highest BCUT2D eigenvalue weighted by atomic mass is 16.1. The molecule has 0 amide bonds. The van der Waals surface area contributed by atoms with Gasteiger partial charge >= 0.3 is 0 Å². The van der Waals surface area contributed by atoms with E-state index in [1.165, 1.54) is 10.9 Å². The molecule has 1 fully saturated rings. The van der Waals surface area contributed by atoms with Crippen LogP contribution in [0.25, 0.3) is 10.8 Å². The standard InChI is InChI=1S/C15H15NO/c17-15-7-2-1-5-13(15)12-6-3-4-11-8-9-16-10-14(11)12/h3-4,6,8-10,13H,1-2,5,7H2. The van der Waals surface area contributed by atoms with Crippen LogP contribution in [0, 0.1) is 0 Å². The van der Waals surface area contributed by atoms with E-state index < -0.39 is 0 Å². The molecule has 1 heterocycles. The molecule has 0 saturated heterocycles. The molecule has 0 N–H and O–H groups in total. The fourth-order valence-corrected chi connectivity index (χ4v) is 2.75. The van der Waals surface area contributed by atoms with Gasteiger partial charge in [0, 0.05) is 30.1 Å². The maximum atomic E-state index is 12.0. The van der Waals surface area contributed by atoms with Crippen molar-refractivity contribution >= 4 is 16.6 Å². The number of Topliss-reactive ketones (excluding diaryl/α,β-unsaturated/α-hetero) is 1. The Morgan fingerprint density at radius 2 is 2.12 bits per heavy atom. The van der Waals surface area contributed by atoms with E-state index >= 15 is 0 Å². The Kier molecular flexibility index (Phi) is 2.63. The van der Waals surface area contributed by atoms with E-state index in [1.807, 2.05) is 18.3 Å². The molecule has 1 unspecified atom stereocenters. The minimum atomic E-state index is 0.0941. The number of fused-ring (bicyclic) bond motifs is 1. The molecule has 2 nitrogen and oxygen atoms in total. The van der Waals surface area contributed by atoms with Crippen molar-refractivity contribution in [2.45, 2.75) is 31.6 Å². The lowest BCUT2D eigenvalue weighted by Crippen LogP contribution is -2.17. The molecule has 1 aromatic carbocycles. The van der Waals surface area contributed by atoms with Crippen molar-refractivity contribution in [3.8, 4) is 0 Å². The predicted molar refractivity (Wildman–Crippen MR) is 68.0 cm³/mol. The molecule has 86 valence electrons. The van der Waals surface area contributed by atoms with Gasteiger partial charge in [0.15, 0.2) is 0 Å². The maximum absolute atomic E-state index is 12.0. The van der Waals surface area contributed by atoms with Gasteiger partial charge in [0.25, 0.3) is 0 Å². The van der Waals surface area contributed by atoms with Crippen LogP contribution >= 0.6 is 0 Å². The summed E-state index contributed by atoms with van der Waals surface area (Å²) in [6.45, 7) is 0. The summed E-state index contributed by atoms with van der Waals surface area (Å²) in [7, 11) is 0. The molecule has 0 bridgehead atoms. The molecule has 0 radical (unpaired) electrons. The summed E-state index contributed by atoms with van der Waals surface area (Å²) in [4.78, 5) is 16.2. The van der Waals surface area contributed by atoms with Gasteiger partial charge in [0.2, 0.25) is 0 Å². The predicted octanol–water partition coefficient (Wildman–Crippen LogP) is 3.46. The van der Waals surface area contributed by atoms with E-state index in [0.29, 0.717) is 5.78 Å². The summed E-state index contributed by atoms with van der Waals surface area (Å²) in [6.07, 6.45) is 7.63. The second kappa shape index (κ2) is 4.28. The van der Waals surface area contributed by atoms with Crippen LogP contribution in [0.15, 0.2) is 36.7 Å². The first-order valence-electron chi connectivity index (χ1n) is 6.21. The van der Waals surface area contributed by atoms with Crippen molar-refractivity contribution in [3.63, 3.8) is 0 Å². The third-order valence-electron chi connectivity index (χ3n) is 3.65. The molecular weight excluding hydrogens is 210 g/mol. The van der Waals surface area contributed by atoms with E-state index in [2.05, 4.69) is 17.1 Å². The number of nitrogens with zero attached hydrogens (tertiary/aromatic N) is 1. The number of aromatic nitrogens is 1. The fraction of sp³-hybridized carbons (Fsp3) is 0.333. The zero-order valence-electron chi connectivity index (χ0n) is 9.73. The Hall–Kier alpha value is -1.70. The highest BCUT2D eigenvalue weighted by Crippen LogP contribution is 2.33. The van der Waals surface area contributed by atoms with Gasteiger partial charge in [0.1, 0.15) is 5.78 Å². The quantitative estimate of drug-likeness (QED) is 0.744. The average molecular weight is 225 g/mol. The molecule has 0 spiro atoms. The second-order valence-corrected chi connectivity index (χ2v) is 4.71. The average Bonchev–Trinajstić information content (AvgIpc) is 2.39. The SMILES string of the molecule is O=C1CCCCC1c1cccc2ccncc12. The van der Waals surface area contributed by atoms with Crippen LogP contribution in [-0.2, 0) is 4.79 Å². The molecule has 0 aliphatic heterocycles. The van der Waals surface area contributed by atoms with Gasteiger partial charge in [0.05, 0.1) is 0 Å². The van der Waals surface area contributed by atoms with Crippen molar-refractivity contribution in [2.75, 3.05) is 0 Å². The smallest absolute Gasteiger partial charge is 0.140 e. The Morgan fingerprint density at radius 3 is 3.00 bits per heavy atom. The first kappa shape index (κ1) is 10.5. The summed E-state index contributed by atoms with van der Waals surface area (Å²) >= 11 is 0. The zero-order chi connectivity index (χ0) is 11.7. The lowest BCUT2D eigenvalue weighted by Gasteiger charge is -2.22. The minimum Gasteiger partial charge on any atom is -0.299 e. The van der Waals surface area contributed by atoms with E-state index in [1.54, 1.807) is 6.20 Å². The van der Waals surface area contributed by atoms with Crippen LogP contribution < -0.4 is 0 Å². The Labute approximate surface area is 101 Å². The number of carbonyl (C=O) groups excluding carboxylic acids is 1. The van der Waals surface area contributed by atoms with Crippen molar-refractivity contribution in [3.05, 3.63) is 42.2 Å². The van der Waals surface area contributed by atoms with Crippen LogP contribution in [0.4, 0.5) is 0 Å². The minimum absolute atomic E-state index is 0.0941. The van der Waals surface area contributed by atoms with Crippen LogP contribution in [0.3, 0.4) is 0 Å². The summed E-state index contributed by atoms with van der Waals surface area (Å²) in [5.41, 5.74) is 1.17. The second-order valence-electron chi connectivity index (χ2n) is 4.71. The first-order chi connectivity index (χ1) is 8.36. The fourth-order valence-electron chi connectivity index (χ4n) is 2.75. The van der Waals surface area contributed by atoms with Crippen molar-refractivity contribution < 1.29 is 4.79 Å². The normalized spacial score (nSPS) is 20.7. The Morgan fingerprint density at radius 1 is 1.18 bits per heavy atom. The summed E-state index contributed by atoms with van der Waals surface area (Å²) in [6, 6.07) is 8.21. The van der Waals surface area contributed by atoms with E-state index in [4.69, 9.17) is 0 Å². The number of benzene rings is 1. The third kappa shape index (κ3) is 1.84. The molecule has 3 rings (SSSR count). The van der Waals surface area contributed by atoms with Gasteiger partial charge in [-0.15, -0.1) is 0 Å².